The molecule has 4 unspecified atom stereocenters. The maximum absolute atomic E-state index is 10.3. The van der Waals surface area contributed by atoms with Crippen LogP contribution in [0.3, 0.4) is 0 Å². The van der Waals surface area contributed by atoms with E-state index in [0.717, 1.165) is 25.7 Å². The topological polar surface area (TPSA) is 49.5 Å². The molecular formula is C15H26N2OS. The Labute approximate surface area is 120 Å². The summed E-state index contributed by atoms with van der Waals surface area (Å²) >= 11 is 1.76. The van der Waals surface area contributed by atoms with Gasteiger partial charge in [0.1, 0.15) is 0 Å². The number of aliphatic hydroxyl groups is 1. The number of likely N-dealkylation sites (N-methyl/N-ethyl adjacent to an activating group) is 1. The molecule has 1 aromatic heterocycles. The van der Waals surface area contributed by atoms with Crippen molar-refractivity contribution >= 4 is 11.3 Å². The van der Waals surface area contributed by atoms with Crippen molar-refractivity contribution in [1.29, 1.82) is 0 Å². The van der Waals surface area contributed by atoms with Gasteiger partial charge in [0.2, 0.25) is 0 Å². The van der Waals surface area contributed by atoms with E-state index in [0.29, 0.717) is 0 Å². The van der Waals surface area contributed by atoms with Gasteiger partial charge >= 0.3 is 0 Å². The number of thiophene rings is 1. The van der Waals surface area contributed by atoms with Crippen LogP contribution >= 0.6 is 11.3 Å². The average molecular weight is 282 g/mol. The standard InChI is InChI=1S/C15H26N2OS/c1-3-11(16)15(14-9-6-10-19-14)17(2)12-7-4-5-8-13(12)18/h6,9-13,15,18H,3-5,7-8,16H2,1-2H3. The average Bonchev–Trinajstić information content (AvgIpc) is 2.93. The number of nitrogens with two attached hydrogens (primary N) is 1. The third-order valence-electron chi connectivity index (χ3n) is 4.37. The van der Waals surface area contributed by atoms with Crippen molar-refractivity contribution in [2.75, 3.05) is 7.05 Å². The molecule has 0 aliphatic heterocycles. The van der Waals surface area contributed by atoms with E-state index in [1.54, 1.807) is 11.3 Å². The minimum absolute atomic E-state index is 0.123. The van der Waals surface area contributed by atoms with Crippen LogP contribution in [0.15, 0.2) is 17.5 Å². The highest BCUT2D eigenvalue weighted by Crippen LogP contribution is 2.33. The Balaban J connectivity index is 2.17. The van der Waals surface area contributed by atoms with E-state index in [-0.39, 0.29) is 24.2 Å². The zero-order valence-corrected chi connectivity index (χ0v) is 12.8. The molecule has 1 fully saturated rings. The molecule has 0 amide bonds. The molecule has 2 rings (SSSR count). The molecule has 1 heterocycles. The van der Waals surface area contributed by atoms with Crippen molar-refractivity contribution in [1.82, 2.24) is 4.90 Å². The van der Waals surface area contributed by atoms with Gasteiger partial charge in [0.15, 0.2) is 0 Å². The molecule has 1 saturated carbocycles. The van der Waals surface area contributed by atoms with Gasteiger partial charge in [-0.3, -0.25) is 4.90 Å². The van der Waals surface area contributed by atoms with E-state index in [4.69, 9.17) is 5.73 Å². The van der Waals surface area contributed by atoms with Crippen molar-refractivity contribution in [3.8, 4) is 0 Å². The molecular weight excluding hydrogens is 256 g/mol. The lowest BCUT2D eigenvalue weighted by Gasteiger charge is -2.41. The highest BCUT2D eigenvalue weighted by atomic mass is 32.1. The van der Waals surface area contributed by atoms with Crippen LogP contribution in [-0.2, 0) is 0 Å². The molecule has 0 spiro atoms. The van der Waals surface area contributed by atoms with Gasteiger partial charge in [-0.15, -0.1) is 11.3 Å². The second-order valence-electron chi connectivity index (χ2n) is 5.62. The van der Waals surface area contributed by atoms with Crippen LogP contribution in [0.25, 0.3) is 0 Å². The van der Waals surface area contributed by atoms with Gasteiger partial charge in [0.25, 0.3) is 0 Å². The third kappa shape index (κ3) is 3.37. The van der Waals surface area contributed by atoms with E-state index in [2.05, 4.69) is 36.4 Å². The van der Waals surface area contributed by atoms with Gasteiger partial charge in [-0.2, -0.15) is 0 Å². The molecule has 19 heavy (non-hydrogen) atoms. The van der Waals surface area contributed by atoms with E-state index < -0.39 is 0 Å². The summed E-state index contributed by atoms with van der Waals surface area (Å²) in [6.45, 7) is 2.14. The van der Waals surface area contributed by atoms with Crippen LogP contribution < -0.4 is 5.73 Å². The monoisotopic (exact) mass is 282 g/mol. The van der Waals surface area contributed by atoms with Gasteiger partial charge in [-0.1, -0.05) is 25.8 Å². The van der Waals surface area contributed by atoms with Gasteiger partial charge in [-0.25, -0.2) is 0 Å². The van der Waals surface area contributed by atoms with Gasteiger partial charge < -0.3 is 10.8 Å². The maximum Gasteiger partial charge on any atom is 0.0695 e. The van der Waals surface area contributed by atoms with Crippen LogP contribution in [0.4, 0.5) is 0 Å². The summed E-state index contributed by atoms with van der Waals surface area (Å²) in [5, 5.41) is 12.4. The fourth-order valence-corrected chi connectivity index (χ4v) is 4.12. The number of aliphatic hydroxyl groups excluding tert-OH is 1. The minimum Gasteiger partial charge on any atom is -0.391 e. The van der Waals surface area contributed by atoms with Crippen LogP contribution in [-0.4, -0.2) is 35.2 Å². The first-order valence-corrected chi connectivity index (χ1v) is 8.22. The van der Waals surface area contributed by atoms with Gasteiger partial charge in [-0.05, 0) is 37.8 Å². The molecule has 3 N–H and O–H groups in total. The lowest BCUT2D eigenvalue weighted by atomic mass is 9.89. The fourth-order valence-electron chi connectivity index (χ4n) is 3.17. The lowest BCUT2D eigenvalue weighted by Crippen LogP contribution is -2.49. The zero-order chi connectivity index (χ0) is 13.8. The van der Waals surface area contributed by atoms with Crippen molar-refractivity contribution in [3.05, 3.63) is 22.4 Å². The summed E-state index contributed by atoms with van der Waals surface area (Å²) in [4.78, 5) is 3.64. The summed E-state index contributed by atoms with van der Waals surface area (Å²) in [6, 6.07) is 4.84. The van der Waals surface area contributed by atoms with Crippen molar-refractivity contribution in [3.63, 3.8) is 0 Å². The molecule has 1 aliphatic rings. The normalized spacial score (nSPS) is 27.4. The first-order chi connectivity index (χ1) is 9.15. The summed E-state index contributed by atoms with van der Waals surface area (Å²) in [5.74, 6) is 0. The molecule has 4 heteroatoms. The summed E-state index contributed by atoms with van der Waals surface area (Å²) < 4.78 is 0. The Hall–Kier alpha value is -0.420. The van der Waals surface area contributed by atoms with Gasteiger partial charge in [0.05, 0.1) is 12.1 Å². The first-order valence-electron chi connectivity index (χ1n) is 7.34. The predicted octanol–water partition coefficient (Wildman–Crippen LogP) is 2.76. The van der Waals surface area contributed by atoms with Crippen molar-refractivity contribution < 1.29 is 5.11 Å². The molecule has 1 aromatic rings. The molecule has 0 saturated heterocycles. The molecule has 4 atom stereocenters. The molecule has 108 valence electrons. The van der Waals surface area contributed by atoms with Gasteiger partial charge in [0, 0.05) is 17.0 Å². The predicted molar refractivity (Wildman–Crippen MR) is 81.4 cm³/mol. The quantitative estimate of drug-likeness (QED) is 0.873. The molecule has 0 radical (unpaired) electrons. The molecule has 3 nitrogen and oxygen atoms in total. The second kappa shape index (κ2) is 6.84. The Morgan fingerprint density at radius 2 is 2.21 bits per heavy atom. The summed E-state index contributed by atoms with van der Waals surface area (Å²) in [7, 11) is 2.12. The van der Waals surface area contributed by atoms with E-state index in [1.165, 1.54) is 11.3 Å². The number of rotatable bonds is 5. The number of hydrogen-bond donors (Lipinski definition) is 2. The Bertz CT molecular complexity index is 368. The Morgan fingerprint density at radius 1 is 1.47 bits per heavy atom. The Kier molecular flexibility index (Phi) is 5.39. The number of hydrogen-bond acceptors (Lipinski definition) is 4. The van der Waals surface area contributed by atoms with E-state index in [9.17, 15) is 5.11 Å². The Morgan fingerprint density at radius 3 is 2.79 bits per heavy atom. The van der Waals surface area contributed by atoms with Crippen LogP contribution in [0, 0.1) is 0 Å². The highest BCUT2D eigenvalue weighted by molar-refractivity contribution is 7.10. The highest BCUT2D eigenvalue weighted by Gasteiger charge is 2.33. The summed E-state index contributed by atoms with van der Waals surface area (Å²) in [5.41, 5.74) is 6.34. The minimum atomic E-state index is -0.203. The SMILES string of the molecule is CCC(N)C(c1cccs1)N(C)C1CCCCC1O. The number of nitrogens with zero attached hydrogens (tertiary/aromatic N) is 1. The maximum atomic E-state index is 10.3. The van der Waals surface area contributed by atoms with Crippen molar-refractivity contribution in [2.24, 2.45) is 5.73 Å². The largest absolute Gasteiger partial charge is 0.391 e. The first kappa shape index (κ1) is 15.0. The molecule has 1 aliphatic carbocycles. The van der Waals surface area contributed by atoms with Crippen LogP contribution in [0.2, 0.25) is 0 Å². The fraction of sp³-hybridized carbons (Fsp3) is 0.733. The van der Waals surface area contributed by atoms with Crippen molar-refractivity contribution in [2.45, 2.75) is 63.3 Å². The van der Waals surface area contributed by atoms with E-state index in [1.807, 2.05) is 0 Å². The third-order valence-corrected chi connectivity index (χ3v) is 5.31. The van der Waals surface area contributed by atoms with Crippen LogP contribution in [0.1, 0.15) is 49.9 Å². The second-order valence-corrected chi connectivity index (χ2v) is 6.60. The molecule has 0 aromatic carbocycles. The lowest BCUT2D eigenvalue weighted by molar-refractivity contribution is 0.00720. The molecule has 0 bridgehead atoms. The smallest absolute Gasteiger partial charge is 0.0695 e. The van der Waals surface area contributed by atoms with E-state index >= 15 is 0 Å². The zero-order valence-electron chi connectivity index (χ0n) is 12.0. The summed E-state index contributed by atoms with van der Waals surface area (Å²) in [6.07, 6.45) is 5.11. The van der Waals surface area contributed by atoms with Crippen LogP contribution in [0.5, 0.6) is 0 Å².